The molecule has 96 valence electrons. The Morgan fingerprint density at radius 2 is 2.24 bits per heavy atom. The number of hydrogen-bond acceptors (Lipinski definition) is 3. The average Bonchev–Trinajstić information content (AvgIpc) is 2.26. The van der Waals surface area contributed by atoms with E-state index < -0.39 is 5.54 Å². The van der Waals surface area contributed by atoms with Gasteiger partial charge in [-0.05, 0) is 32.6 Å². The van der Waals surface area contributed by atoms with Gasteiger partial charge in [-0.2, -0.15) is 0 Å². The quantitative estimate of drug-likeness (QED) is 0.747. The molecule has 0 aromatic rings. The predicted octanol–water partition coefficient (Wildman–Crippen LogP) is 0.150. The van der Waals surface area contributed by atoms with Crippen molar-refractivity contribution in [3.8, 4) is 0 Å². The van der Waals surface area contributed by atoms with Crippen LogP contribution in [-0.2, 0) is 14.3 Å². The molecule has 2 rings (SSSR count). The number of rotatable bonds is 2. The van der Waals surface area contributed by atoms with Crippen LogP contribution in [0.25, 0.3) is 0 Å². The van der Waals surface area contributed by atoms with E-state index in [0.29, 0.717) is 19.1 Å². The van der Waals surface area contributed by atoms with Gasteiger partial charge >= 0.3 is 0 Å². The van der Waals surface area contributed by atoms with Crippen molar-refractivity contribution in [2.45, 2.75) is 32.2 Å². The zero-order valence-corrected chi connectivity index (χ0v) is 10.5. The van der Waals surface area contributed by atoms with Crippen molar-refractivity contribution in [1.29, 1.82) is 0 Å². The van der Waals surface area contributed by atoms with Crippen LogP contribution in [0.15, 0.2) is 0 Å². The van der Waals surface area contributed by atoms with Crippen LogP contribution < -0.4 is 5.32 Å². The Kier molecular flexibility index (Phi) is 3.38. The summed E-state index contributed by atoms with van der Waals surface area (Å²) in [5.41, 5.74) is -0.773. The third kappa shape index (κ3) is 2.77. The summed E-state index contributed by atoms with van der Waals surface area (Å²) in [7, 11) is 0. The van der Waals surface area contributed by atoms with Gasteiger partial charge in [-0.25, -0.2) is 0 Å². The van der Waals surface area contributed by atoms with Crippen LogP contribution in [-0.4, -0.2) is 48.6 Å². The lowest BCUT2D eigenvalue weighted by molar-refractivity contribution is -0.149. The Hall–Kier alpha value is -1.10. The molecule has 5 nitrogen and oxygen atoms in total. The zero-order chi connectivity index (χ0) is 12.5. The molecule has 1 unspecified atom stereocenters. The van der Waals surface area contributed by atoms with Crippen molar-refractivity contribution in [3.05, 3.63) is 0 Å². The Labute approximate surface area is 101 Å². The summed E-state index contributed by atoms with van der Waals surface area (Å²) in [5, 5.41) is 2.71. The second kappa shape index (κ2) is 4.64. The highest BCUT2D eigenvalue weighted by atomic mass is 16.5. The number of carbonyl (C=O) groups is 2. The Bertz CT molecular complexity index is 322. The monoisotopic (exact) mass is 240 g/mol. The summed E-state index contributed by atoms with van der Waals surface area (Å²) in [6, 6.07) is 0. The van der Waals surface area contributed by atoms with Crippen molar-refractivity contribution < 1.29 is 14.3 Å². The standard InChI is InChI=1S/C12H20N2O3/c1-12(2)11(16)14(7-10(15)13-12)6-9-4-3-5-17-8-9/h9H,3-8H2,1-2H3,(H,13,15). The fourth-order valence-electron chi connectivity index (χ4n) is 2.49. The third-order valence-corrected chi connectivity index (χ3v) is 3.34. The maximum Gasteiger partial charge on any atom is 0.248 e. The van der Waals surface area contributed by atoms with Gasteiger partial charge in [-0.1, -0.05) is 0 Å². The summed E-state index contributed by atoms with van der Waals surface area (Å²) < 4.78 is 5.40. The smallest absolute Gasteiger partial charge is 0.248 e. The summed E-state index contributed by atoms with van der Waals surface area (Å²) in [6.45, 7) is 5.82. The summed E-state index contributed by atoms with van der Waals surface area (Å²) >= 11 is 0. The van der Waals surface area contributed by atoms with Crippen LogP contribution in [0.3, 0.4) is 0 Å². The lowest BCUT2D eigenvalue weighted by Crippen LogP contribution is -2.64. The number of piperazine rings is 1. The fraction of sp³-hybridized carbons (Fsp3) is 0.833. The molecule has 0 bridgehead atoms. The third-order valence-electron chi connectivity index (χ3n) is 3.34. The molecule has 2 aliphatic heterocycles. The molecule has 0 aromatic heterocycles. The summed E-state index contributed by atoms with van der Waals surface area (Å²) in [6.07, 6.45) is 2.12. The van der Waals surface area contributed by atoms with Crippen molar-refractivity contribution in [2.75, 3.05) is 26.3 Å². The van der Waals surface area contributed by atoms with Gasteiger partial charge < -0.3 is 15.0 Å². The Morgan fingerprint density at radius 3 is 2.88 bits per heavy atom. The van der Waals surface area contributed by atoms with E-state index in [1.807, 2.05) is 0 Å². The number of nitrogens with one attached hydrogen (secondary N) is 1. The highest BCUT2D eigenvalue weighted by molar-refractivity contribution is 5.97. The molecule has 2 saturated heterocycles. The topological polar surface area (TPSA) is 58.6 Å². The van der Waals surface area contributed by atoms with Crippen LogP contribution in [0.4, 0.5) is 0 Å². The van der Waals surface area contributed by atoms with Gasteiger partial charge in [-0.15, -0.1) is 0 Å². The van der Waals surface area contributed by atoms with Crippen LogP contribution >= 0.6 is 0 Å². The highest BCUT2D eigenvalue weighted by Crippen LogP contribution is 2.19. The van der Waals surface area contributed by atoms with Crippen LogP contribution in [0.1, 0.15) is 26.7 Å². The first-order chi connectivity index (χ1) is 7.99. The molecule has 0 spiro atoms. The van der Waals surface area contributed by atoms with Gasteiger partial charge in [0, 0.05) is 13.2 Å². The first-order valence-electron chi connectivity index (χ1n) is 6.17. The number of hydrogen-bond donors (Lipinski definition) is 1. The zero-order valence-electron chi connectivity index (χ0n) is 10.5. The molecule has 0 aromatic carbocycles. The van der Waals surface area contributed by atoms with Gasteiger partial charge in [0.1, 0.15) is 5.54 Å². The summed E-state index contributed by atoms with van der Waals surface area (Å²) in [5.74, 6) is 0.295. The van der Waals surface area contributed by atoms with Crippen molar-refractivity contribution in [1.82, 2.24) is 10.2 Å². The van der Waals surface area contributed by atoms with E-state index in [-0.39, 0.29) is 18.4 Å². The van der Waals surface area contributed by atoms with Gasteiger partial charge in [0.05, 0.1) is 13.2 Å². The maximum atomic E-state index is 12.1. The van der Waals surface area contributed by atoms with Crippen LogP contribution in [0, 0.1) is 5.92 Å². The van der Waals surface area contributed by atoms with E-state index in [9.17, 15) is 9.59 Å². The maximum absolute atomic E-state index is 12.1. The molecule has 2 fully saturated rings. The number of carbonyl (C=O) groups excluding carboxylic acids is 2. The minimum atomic E-state index is -0.773. The van der Waals surface area contributed by atoms with E-state index in [4.69, 9.17) is 4.74 Å². The molecule has 0 radical (unpaired) electrons. The second-order valence-corrected chi connectivity index (χ2v) is 5.44. The van der Waals surface area contributed by atoms with Crippen molar-refractivity contribution >= 4 is 11.8 Å². The lowest BCUT2D eigenvalue weighted by atomic mass is 9.97. The van der Waals surface area contributed by atoms with E-state index in [0.717, 1.165) is 19.4 Å². The second-order valence-electron chi connectivity index (χ2n) is 5.44. The minimum Gasteiger partial charge on any atom is -0.381 e. The van der Waals surface area contributed by atoms with E-state index in [1.165, 1.54) is 0 Å². The molecular formula is C12H20N2O3. The van der Waals surface area contributed by atoms with E-state index >= 15 is 0 Å². The van der Waals surface area contributed by atoms with Gasteiger partial charge in [0.2, 0.25) is 11.8 Å². The molecular weight excluding hydrogens is 220 g/mol. The normalized spacial score (nSPS) is 29.1. The van der Waals surface area contributed by atoms with Crippen molar-refractivity contribution in [3.63, 3.8) is 0 Å². The largest absolute Gasteiger partial charge is 0.381 e. The molecule has 17 heavy (non-hydrogen) atoms. The van der Waals surface area contributed by atoms with E-state index in [1.54, 1.807) is 18.7 Å². The number of amides is 2. The Morgan fingerprint density at radius 1 is 1.47 bits per heavy atom. The molecule has 1 atom stereocenters. The van der Waals surface area contributed by atoms with Gasteiger partial charge in [0.25, 0.3) is 0 Å². The lowest BCUT2D eigenvalue weighted by Gasteiger charge is -2.39. The molecule has 2 aliphatic rings. The molecule has 5 heteroatoms. The first-order valence-corrected chi connectivity index (χ1v) is 6.17. The average molecular weight is 240 g/mol. The van der Waals surface area contributed by atoms with Crippen LogP contribution in [0.2, 0.25) is 0 Å². The van der Waals surface area contributed by atoms with E-state index in [2.05, 4.69) is 5.32 Å². The first kappa shape index (κ1) is 12.4. The van der Waals surface area contributed by atoms with Crippen LogP contribution in [0.5, 0.6) is 0 Å². The number of ether oxygens (including phenoxy) is 1. The minimum absolute atomic E-state index is 0.00248. The molecule has 2 heterocycles. The van der Waals surface area contributed by atoms with Gasteiger partial charge in [0.15, 0.2) is 0 Å². The fourth-order valence-corrected chi connectivity index (χ4v) is 2.49. The van der Waals surface area contributed by atoms with Gasteiger partial charge in [-0.3, -0.25) is 9.59 Å². The number of nitrogens with zero attached hydrogens (tertiary/aromatic N) is 1. The molecule has 2 amide bonds. The molecule has 1 N–H and O–H groups in total. The Balaban J connectivity index is 1.98. The van der Waals surface area contributed by atoms with Crippen molar-refractivity contribution in [2.24, 2.45) is 5.92 Å². The predicted molar refractivity (Wildman–Crippen MR) is 62.3 cm³/mol. The SMILES string of the molecule is CC1(C)NC(=O)CN(CC2CCCOC2)C1=O. The highest BCUT2D eigenvalue weighted by Gasteiger charge is 2.39. The molecule has 0 saturated carbocycles. The molecule has 0 aliphatic carbocycles. The summed E-state index contributed by atoms with van der Waals surface area (Å²) in [4.78, 5) is 25.3.